The van der Waals surface area contributed by atoms with Gasteiger partial charge in [-0.2, -0.15) is 0 Å². The molecule has 0 amide bonds. The number of aromatic nitrogens is 2. The Balaban J connectivity index is 1.10. The van der Waals surface area contributed by atoms with Crippen LogP contribution in [-0.2, 0) is 23.6 Å². The molecule has 7 rings (SSSR count). The van der Waals surface area contributed by atoms with Gasteiger partial charge in [0.25, 0.3) is 5.79 Å². The van der Waals surface area contributed by atoms with Crippen LogP contribution in [-0.4, -0.2) is 71.5 Å². The van der Waals surface area contributed by atoms with Gasteiger partial charge in [0.05, 0.1) is 48.6 Å². The van der Waals surface area contributed by atoms with Crippen LogP contribution in [0.5, 0.6) is 17.2 Å². The molecule has 2 unspecified atom stereocenters. The molecular weight excluding hydrogens is 591 g/mol. The second-order valence-electron chi connectivity index (χ2n) is 11.4. The molecule has 2 saturated heterocycles. The second-order valence-corrected chi connectivity index (χ2v) is 11.8. The lowest BCUT2D eigenvalue weighted by Crippen LogP contribution is -2.46. The number of imidazole rings is 1. The molecule has 2 atom stereocenters. The van der Waals surface area contributed by atoms with E-state index in [0.717, 1.165) is 56.2 Å². The van der Waals surface area contributed by atoms with E-state index in [1.54, 1.807) is 25.1 Å². The zero-order chi connectivity index (χ0) is 30.6. The van der Waals surface area contributed by atoms with E-state index in [2.05, 4.69) is 14.4 Å². The van der Waals surface area contributed by atoms with E-state index in [-0.39, 0.29) is 17.2 Å². The number of fused-ring (bicyclic) bond motifs is 2. The molecule has 1 N–H and O–H groups in total. The van der Waals surface area contributed by atoms with Crippen molar-refractivity contribution in [3.05, 3.63) is 76.3 Å². The van der Waals surface area contributed by atoms with E-state index in [0.29, 0.717) is 40.9 Å². The molecule has 10 nitrogen and oxygen atoms in total. The Kier molecular flexibility index (Phi) is 7.26. The lowest BCUT2D eigenvalue weighted by atomic mass is 10.1. The number of methoxy groups -OCH3 is 1. The van der Waals surface area contributed by atoms with E-state index in [1.807, 2.05) is 18.2 Å². The first kappa shape index (κ1) is 28.7. The molecule has 4 heterocycles. The summed E-state index contributed by atoms with van der Waals surface area (Å²) in [4.78, 5) is 21.3. The minimum atomic E-state index is -1.32. The summed E-state index contributed by atoms with van der Waals surface area (Å²) < 4.78 is 40.6. The maximum atomic E-state index is 14.8. The lowest BCUT2D eigenvalue weighted by Gasteiger charge is -2.36. The van der Waals surface area contributed by atoms with Crippen LogP contribution in [0.25, 0.3) is 11.0 Å². The van der Waals surface area contributed by atoms with Gasteiger partial charge in [0.2, 0.25) is 0 Å². The summed E-state index contributed by atoms with van der Waals surface area (Å²) in [5.74, 6) is -0.414. The summed E-state index contributed by atoms with van der Waals surface area (Å²) in [5.41, 5.74) is 2.68. The number of anilines is 1. The molecule has 1 aromatic heterocycles. The molecule has 0 radical (unpaired) electrons. The van der Waals surface area contributed by atoms with Crippen molar-refractivity contribution in [2.45, 2.75) is 38.3 Å². The van der Waals surface area contributed by atoms with Crippen molar-refractivity contribution >= 4 is 34.3 Å². The molecular formula is C32H32ClFN4O6. The Bertz CT molecular complexity index is 1750. The average Bonchev–Trinajstić information content (AvgIpc) is 3.51. The van der Waals surface area contributed by atoms with Crippen molar-refractivity contribution in [2.75, 3.05) is 44.8 Å². The molecule has 2 fully saturated rings. The number of halogens is 2. The highest BCUT2D eigenvalue weighted by molar-refractivity contribution is 6.30. The Labute approximate surface area is 258 Å². The van der Waals surface area contributed by atoms with Crippen LogP contribution in [0, 0.1) is 5.82 Å². The van der Waals surface area contributed by atoms with Crippen molar-refractivity contribution in [3.8, 4) is 17.2 Å². The van der Waals surface area contributed by atoms with E-state index in [9.17, 15) is 14.3 Å². The molecule has 4 aromatic rings. The number of benzene rings is 3. The fraction of sp³-hybridized carbons (Fsp3) is 0.375. The number of nitrogens with zero attached hydrogens (tertiary/aromatic N) is 4. The first-order chi connectivity index (χ1) is 21.2. The Morgan fingerprint density at radius 3 is 2.64 bits per heavy atom. The van der Waals surface area contributed by atoms with E-state index in [1.165, 1.54) is 19.2 Å². The highest BCUT2D eigenvalue weighted by Gasteiger charge is 2.43. The number of carboxylic acid groups (broad SMARTS) is 1. The van der Waals surface area contributed by atoms with Gasteiger partial charge in [-0.1, -0.05) is 17.7 Å². The zero-order valence-electron chi connectivity index (χ0n) is 24.4. The summed E-state index contributed by atoms with van der Waals surface area (Å²) >= 11 is 5.97. The van der Waals surface area contributed by atoms with Crippen molar-refractivity contribution < 1.29 is 33.2 Å². The fourth-order valence-corrected chi connectivity index (χ4v) is 6.31. The Morgan fingerprint density at radius 1 is 1.16 bits per heavy atom. The monoisotopic (exact) mass is 622 g/mol. The number of aromatic carboxylic acids is 1. The fourth-order valence-electron chi connectivity index (χ4n) is 6.15. The van der Waals surface area contributed by atoms with E-state index in [4.69, 9.17) is 35.5 Å². The van der Waals surface area contributed by atoms with Crippen LogP contribution in [0.1, 0.15) is 35.1 Å². The zero-order valence-corrected chi connectivity index (χ0v) is 25.1. The molecule has 0 aliphatic carbocycles. The van der Waals surface area contributed by atoms with Gasteiger partial charge in [0.1, 0.15) is 22.9 Å². The minimum Gasteiger partial charge on any atom is -0.494 e. The van der Waals surface area contributed by atoms with Crippen LogP contribution in [0.15, 0.2) is 48.5 Å². The third-order valence-corrected chi connectivity index (χ3v) is 8.84. The van der Waals surface area contributed by atoms with E-state index < -0.39 is 17.6 Å². The van der Waals surface area contributed by atoms with Crippen LogP contribution in [0.2, 0.25) is 5.02 Å². The molecule has 3 aliphatic heterocycles. The number of rotatable bonds is 8. The predicted molar refractivity (Wildman–Crippen MR) is 162 cm³/mol. The highest BCUT2D eigenvalue weighted by atomic mass is 35.5. The van der Waals surface area contributed by atoms with Gasteiger partial charge in [-0.15, -0.1) is 0 Å². The number of hydrogen-bond donors (Lipinski definition) is 1. The van der Waals surface area contributed by atoms with Crippen LogP contribution in [0.3, 0.4) is 0 Å². The van der Waals surface area contributed by atoms with Crippen molar-refractivity contribution in [1.29, 1.82) is 0 Å². The van der Waals surface area contributed by atoms with Gasteiger partial charge in [-0.05, 0) is 48.9 Å². The molecule has 44 heavy (non-hydrogen) atoms. The smallest absolute Gasteiger partial charge is 0.335 e. The first-order valence-corrected chi connectivity index (χ1v) is 15.0. The molecule has 3 aromatic carbocycles. The van der Waals surface area contributed by atoms with Gasteiger partial charge in [-0.25, -0.2) is 14.2 Å². The quantitative estimate of drug-likeness (QED) is 0.281. The third-order valence-electron chi connectivity index (χ3n) is 8.60. The van der Waals surface area contributed by atoms with Gasteiger partial charge < -0.3 is 33.5 Å². The molecule has 0 saturated carbocycles. The summed E-state index contributed by atoms with van der Waals surface area (Å²) in [7, 11) is 1.52. The maximum absolute atomic E-state index is 14.8. The van der Waals surface area contributed by atoms with Gasteiger partial charge in [0.15, 0.2) is 11.5 Å². The topological polar surface area (TPSA) is 98.5 Å². The van der Waals surface area contributed by atoms with Gasteiger partial charge in [0, 0.05) is 44.7 Å². The second kappa shape index (κ2) is 11.1. The SMILES string of the molecule is COc1cc(C(=O)O)cc2c1nc(CN1CCN(c3cccc4c3OC(C)(c3ccc(Cl)cc3F)O4)CC1)n2CC1CCO1. The van der Waals surface area contributed by atoms with Crippen LogP contribution < -0.4 is 19.1 Å². The van der Waals surface area contributed by atoms with Crippen LogP contribution in [0.4, 0.5) is 10.1 Å². The normalized spacial score (nSPS) is 21.5. The predicted octanol–water partition coefficient (Wildman–Crippen LogP) is 5.29. The number of ether oxygens (including phenoxy) is 4. The summed E-state index contributed by atoms with van der Waals surface area (Å²) in [6.07, 6.45) is 1.02. The number of carboxylic acids is 1. The molecule has 3 aliphatic rings. The van der Waals surface area contributed by atoms with Gasteiger partial charge >= 0.3 is 5.97 Å². The standard InChI is InChI=1S/C32H32ClFN4O6/c1-32(22-7-6-20(33)16-23(22)34)43-26-5-3-4-24(30(26)44-32)37-11-9-36(10-12-37)18-28-35-29-25(38(28)17-21-8-13-42-21)14-19(31(39)40)15-27(29)41-2/h3-7,14-16,21H,8-13,17-18H2,1-2H3,(H,39,40). The Hall–Kier alpha value is -4.06. The van der Waals surface area contributed by atoms with E-state index >= 15 is 0 Å². The molecule has 0 bridgehead atoms. The average molecular weight is 623 g/mol. The first-order valence-electron chi connectivity index (χ1n) is 14.6. The van der Waals surface area contributed by atoms with Crippen molar-refractivity contribution in [3.63, 3.8) is 0 Å². The summed E-state index contributed by atoms with van der Waals surface area (Å²) in [6, 6.07) is 13.4. The van der Waals surface area contributed by atoms with Crippen LogP contribution >= 0.6 is 11.6 Å². The largest absolute Gasteiger partial charge is 0.494 e. The maximum Gasteiger partial charge on any atom is 0.335 e. The highest BCUT2D eigenvalue weighted by Crippen LogP contribution is 2.50. The number of carbonyl (C=O) groups is 1. The number of hydrogen-bond acceptors (Lipinski definition) is 8. The van der Waals surface area contributed by atoms with Crippen molar-refractivity contribution in [1.82, 2.24) is 14.5 Å². The lowest BCUT2D eigenvalue weighted by molar-refractivity contribution is -0.0705. The summed E-state index contributed by atoms with van der Waals surface area (Å²) in [5, 5.41) is 9.99. The molecule has 12 heteroatoms. The number of piperazine rings is 1. The van der Waals surface area contributed by atoms with Gasteiger partial charge in [-0.3, -0.25) is 4.90 Å². The Morgan fingerprint density at radius 2 is 1.95 bits per heavy atom. The minimum absolute atomic E-state index is 0.0666. The molecule has 0 spiro atoms. The number of para-hydroxylation sites is 1. The third kappa shape index (κ3) is 5.08. The van der Waals surface area contributed by atoms with Crippen molar-refractivity contribution in [2.24, 2.45) is 0 Å². The summed E-state index contributed by atoms with van der Waals surface area (Å²) in [6.45, 7) is 6.58. The molecule has 230 valence electrons.